The van der Waals surface area contributed by atoms with Crippen LogP contribution in [0.25, 0.3) is 0 Å². The summed E-state index contributed by atoms with van der Waals surface area (Å²) in [6.45, 7) is 5.93. The molecule has 0 bridgehead atoms. The fourth-order valence-electron chi connectivity index (χ4n) is 2.77. The maximum absolute atomic E-state index is 3.62. The molecule has 0 radical (unpaired) electrons. The second kappa shape index (κ2) is 4.06. The van der Waals surface area contributed by atoms with Crippen molar-refractivity contribution in [3.63, 3.8) is 0 Å². The number of nitrogens with one attached hydrogen (secondary N) is 1. The largest absolute Gasteiger partial charge is 0.310 e. The van der Waals surface area contributed by atoms with Gasteiger partial charge in [0.05, 0.1) is 0 Å². The SMILES string of the molecule is C/C(=C\C1(C)CCC1)C1CCCCN1. The third-order valence-electron chi connectivity index (χ3n) is 3.93. The quantitative estimate of drug-likeness (QED) is 0.664. The maximum atomic E-state index is 3.62. The Morgan fingerprint density at radius 1 is 1.29 bits per heavy atom. The molecule has 2 rings (SSSR count). The Kier molecular flexibility index (Phi) is 2.96. The van der Waals surface area contributed by atoms with E-state index in [9.17, 15) is 0 Å². The summed E-state index contributed by atoms with van der Waals surface area (Å²) in [5, 5.41) is 3.62. The van der Waals surface area contributed by atoms with Gasteiger partial charge in [-0.2, -0.15) is 0 Å². The van der Waals surface area contributed by atoms with Crippen LogP contribution in [0.3, 0.4) is 0 Å². The zero-order chi connectivity index (χ0) is 10.0. The van der Waals surface area contributed by atoms with E-state index in [2.05, 4.69) is 25.2 Å². The molecule has 2 fully saturated rings. The van der Waals surface area contributed by atoms with Crippen LogP contribution < -0.4 is 5.32 Å². The molecule has 0 aromatic carbocycles. The molecule has 1 atom stereocenters. The van der Waals surface area contributed by atoms with Crippen molar-refractivity contribution in [1.82, 2.24) is 5.32 Å². The molecule has 0 aromatic rings. The van der Waals surface area contributed by atoms with Gasteiger partial charge in [-0.3, -0.25) is 0 Å². The van der Waals surface area contributed by atoms with Crippen molar-refractivity contribution < 1.29 is 0 Å². The molecular weight excluding hydrogens is 170 g/mol. The fraction of sp³-hybridized carbons (Fsp3) is 0.846. The van der Waals surface area contributed by atoms with Gasteiger partial charge in [0, 0.05) is 6.04 Å². The van der Waals surface area contributed by atoms with Crippen molar-refractivity contribution >= 4 is 0 Å². The van der Waals surface area contributed by atoms with Gasteiger partial charge in [0.1, 0.15) is 0 Å². The third kappa shape index (κ3) is 2.20. The van der Waals surface area contributed by atoms with Crippen LogP contribution in [0.2, 0.25) is 0 Å². The summed E-state index contributed by atoms with van der Waals surface area (Å²) in [6.07, 6.45) is 10.9. The van der Waals surface area contributed by atoms with Crippen molar-refractivity contribution in [3.8, 4) is 0 Å². The van der Waals surface area contributed by atoms with E-state index in [1.165, 1.54) is 45.1 Å². The lowest BCUT2D eigenvalue weighted by molar-refractivity contribution is 0.230. The van der Waals surface area contributed by atoms with E-state index < -0.39 is 0 Å². The molecule has 1 saturated carbocycles. The molecule has 1 nitrogen and oxygen atoms in total. The van der Waals surface area contributed by atoms with Crippen molar-refractivity contribution in [2.75, 3.05) is 6.54 Å². The Hall–Kier alpha value is -0.300. The van der Waals surface area contributed by atoms with Gasteiger partial charge in [-0.1, -0.05) is 31.4 Å². The van der Waals surface area contributed by atoms with E-state index in [4.69, 9.17) is 0 Å². The summed E-state index contributed by atoms with van der Waals surface area (Å²) in [7, 11) is 0. The predicted molar refractivity (Wildman–Crippen MR) is 61.4 cm³/mol. The van der Waals surface area contributed by atoms with Crippen LogP contribution in [0.1, 0.15) is 52.4 Å². The molecule has 1 aliphatic carbocycles. The van der Waals surface area contributed by atoms with Crippen molar-refractivity contribution in [2.45, 2.75) is 58.4 Å². The smallest absolute Gasteiger partial charge is 0.0276 e. The average Bonchev–Trinajstić information content (AvgIpc) is 2.17. The lowest BCUT2D eigenvalue weighted by Gasteiger charge is -2.37. The molecule has 1 N–H and O–H groups in total. The van der Waals surface area contributed by atoms with Gasteiger partial charge in [0.2, 0.25) is 0 Å². The van der Waals surface area contributed by atoms with E-state index in [0.29, 0.717) is 11.5 Å². The summed E-state index contributed by atoms with van der Waals surface area (Å²) in [6, 6.07) is 0.682. The molecule has 0 aromatic heterocycles. The van der Waals surface area contributed by atoms with Crippen LogP contribution in [-0.4, -0.2) is 12.6 Å². The van der Waals surface area contributed by atoms with Crippen LogP contribution in [-0.2, 0) is 0 Å². The highest BCUT2D eigenvalue weighted by Gasteiger charge is 2.30. The summed E-state index contributed by atoms with van der Waals surface area (Å²) < 4.78 is 0. The molecule has 2 aliphatic rings. The lowest BCUT2D eigenvalue weighted by Crippen LogP contribution is -2.36. The van der Waals surface area contributed by atoms with Gasteiger partial charge in [0.25, 0.3) is 0 Å². The fourth-order valence-corrected chi connectivity index (χ4v) is 2.77. The van der Waals surface area contributed by atoms with Gasteiger partial charge < -0.3 is 5.32 Å². The molecule has 1 aliphatic heterocycles. The standard InChI is InChI=1S/C13H23N/c1-11(10-13(2)7-5-8-13)12-6-3-4-9-14-12/h10,12,14H,3-9H2,1-2H3/b11-10+. The number of hydrogen-bond acceptors (Lipinski definition) is 1. The van der Waals surface area contributed by atoms with Crippen LogP contribution in [0.5, 0.6) is 0 Å². The zero-order valence-corrected chi connectivity index (χ0v) is 9.60. The van der Waals surface area contributed by atoms with E-state index in [0.717, 1.165) is 0 Å². The van der Waals surface area contributed by atoms with E-state index in [1.807, 2.05) is 0 Å². The second-order valence-corrected chi connectivity index (χ2v) is 5.40. The van der Waals surface area contributed by atoms with Gasteiger partial charge in [-0.25, -0.2) is 0 Å². The van der Waals surface area contributed by atoms with Crippen LogP contribution in [0.4, 0.5) is 0 Å². The minimum absolute atomic E-state index is 0.545. The minimum atomic E-state index is 0.545. The van der Waals surface area contributed by atoms with Crippen molar-refractivity contribution in [3.05, 3.63) is 11.6 Å². The molecule has 0 amide bonds. The molecular formula is C13H23N. The van der Waals surface area contributed by atoms with E-state index in [-0.39, 0.29) is 0 Å². The molecule has 14 heavy (non-hydrogen) atoms. The topological polar surface area (TPSA) is 12.0 Å². The second-order valence-electron chi connectivity index (χ2n) is 5.40. The predicted octanol–water partition coefficient (Wildman–Crippen LogP) is 3.27. The minimum Gasteiger partial charge on any atom is -0.310 e. The average molecular weight is 193 g/mol. The maximum Gasteiger partial charge on any atom is 0.0276 e. The highest BCUT2D eigenvalue weighted by atomic mass is 14.9. The number of hydrogen-bond donors (Lipinski definition) is 1. The van der Waals surface area contributed by atoms with Crippen molar-refractivity contribution in [2.24, 2.45) is 5.41 Å². The Morgan fingerprint density at radius 2 is 2.07 bits per heavy atom. The highest BCUT2D eigenvalue weighted by Crippen LogP contribution is 2.42. The van der Waals surface area contributed by atoms with Crippen LogP contribution in [0, 0.1) is 5.41 Å². The Bertz CT molecular complexity index is 219. The Labute approximate surface area is 88.0 Å². The number of piperidine rings is 1. The molecule has 1 unspecified atom stereocenters. The summed E-state index contributed by atoms with van der Waals surface area (Å²) in [5.41, 5.74) is 2.13. The first-order chi connectivity index (χ1) is 6.70. The monoisotopic (exact) mass is 193 g/mol. The van der Waals surface area contributed by atoms with Gasteiger partial charge >= 0.3 is 0 Å². The molecule has 80 valence electrons. The Balaban J connectivity index is 1.95. The van der Waals surface area contributed by atoms with Crippen molar-refractivity contribution in [1.29, 1.82) is 0 Å². The van der Waals surface area contributed by atoms with Crippen LogP contribution >= 0.6 is 0 Å². The Morgan fingerprint density at radius 3 is 2.57 bits per heavy atom. The highest BCUT2D eigenvalue weighted by molar-refractivity contribution is 5.15. The zero-order valence-electron chi connectivity index (χ0n) is 9.60. The lowest BCUT2D eigenvalue weighted by atomic mass is 9.69. The summed E-state index contributed by atoms with van der Waals surface area (Å²) in [4.78, 5) is 0. The first-order valence-electron chi connectivity index (χ1n) is 6.12. The number of rotatable bonds is 2. The number of allylic oxidation sites excluding steroid dienone is 1. The molecule has 1 saturated heterocycles. The molecule has 1 heterocycles. The molecule has 1 heteroatoms. The summed E-state index contributed by atoms with van der Waals surface area (Å²) in [5.74, 6) is 0. The molecule has 0 spiro atoms. The van der Waals surface area contributed by atoms with Gasteiger partial charge in [0.15, 0.2) is 0 Å². The third-order valence-corrected chi connectivity index (χ3v) is 3.93. The first kappa shape index (κ1) is 10.2. The van der Waals surface area contributed by atoms with Gasteiger partial charge in [-0.15, -0.1) is 0 Å². The summed E-state index contributed by atoms with van der Waals surface area (Å²) >= 11 is 0. The first-order valence-corrected chi connectivity index (χ1v) is 6.12. The van der Waals surface area contributed by atoms with Gasteiger partial charge in [-0.05, 0) is 44.6 Å². The van der Waals surface area contributed by atoms with Crippen LogP contribution in [0.15, 0.2) is 11.6 Å². The van der Waals surface area contributed by atoms with E-state index in [1.54, 1.807) is 5.57 Å². The van der Waals surface area contributed by atoms with E-state index >= 15 is 0 Å². The normalized spacial score (nSPS) is 32.4.